The van der Waals surface area contributed by atoms with Gasteiger partial charge in [0, 0.05) is 24.2 Å². The first-order chi connectivity index (χ1) is 9.83. The minimum atomic E-state index is 0.362. The van der Waals surface area contributed by atoms with E-state index in [9.17, 15) is 0 Å². The number of fused-ring (bicyclic) bond motifs is 1. The predicted molar refractivity (Wildman–Crippen MR) is 86.2 cm³/mol. The van der Waals surface area contributed by atoms with Gasteiger partial charge in [-0.3, -0.25) is 0 Å². The van der Waals surface area contributed by atoms with Gasteiger partial charge in [0.25, 0.3) is 0 Å². The smallest absolute Gasteiger partial charge is 0.0398 e. The van der Waals surface area contributed by atoms with Crippen molar-refractivity contribution in [1.29, 1.82) is 0 Å². The molecule has 1 saturated carbocycles. The molecule has 1 fully saturated rings. The molecule has 0 spiro atoms. The summed E-state index contributed by atoms with van der Waals surface area (Å²) in [6, 6.07) is 8.95. The third-order valence-corrected chi connectivity index (χ3v) is 5.33. The van der Waals surface area contributed by atoms with Crippen LogP contribution in [0.2, 0.25) is 0 Å². The van der Waals surface area contributed by atoms with Gasteiger partial charge in [0.05, 0.1) is 0 Å². The molecule has 1 heterocycles. The fourth-order valence-electron chi connectivity index (χ4n) is 4.09. The van der Waals surface area contributed by atoms with E-state index >= 15 is 0 Å². The number of aryl methyl sites for hydroxylation is 1. The molecular weight excluding hydrogens is 244 g/mol. The molecule has 2 N–H and O–H groups in total. The van der Waals surface area contributed by atoms with Crippen molar-refractivity contribution in [2.24, 2.45) is 11.1 Å². The maximum absolute atomic E-state index is 6.22. The SMILES string of the molecule is NCC1(CN2CCCc3ccccc32)CCCCCC1. The summed E-state index contributed by atoms with van der Waals surface area (Å²) >= 11 is 0. The summed E-state index contributed by atoms with van der Waals surface area (Å²) < 4.78 is 0. The van der Waals surface area contributed by atoms with E-state index < -0.39 is 0 Å². The van der Waals surface area contributed by atoms with Crippen LogP contribution in [-0.2, 0) is 6.42 Å². The van der Waals surface area contributed by atoms with Gasteiger partial charge < -0.3 is 10.6 Å². The Morgan fingerprint density at radius 1 is 1.00 bits per heavy atom. The van der Waals surface area contributed by atoms with E-state index in [0.717, 1.165) is 6.54 Å². The topological polar surface area (TPSA) is 29.3 Å². The highest BCUT2D eigenvalue weighted by Gasteiger charge is 2.32. The third-order valence-electron chi connectivity index (χ3n) is 5.33. The lowest BCUT2D eigenvalue weighted by Crippen LogP contribution is -2.44. The van der Waals surface area contributed by atoms with Crippen LogP contribution < -0.4 is 10.6 Å². The Morgan fingerprint density at radius 3 is 2.50 bits per heavy atom. The van der Waals surface area contributed by atoms with Crippen LogP contribution in [-0.4, -0.2) is 19.6 Å². The summed E-state index contributed by atoms with van der Waals surface area (Å²) in [6.07, 6.45) is 10.7. The number of benzene rings is 1. The van der Waals surface area contributed by atoms with Crippen LogP contribution in [0.4, 0.5) is 5.69 Å². The minimum Gasteiger partial charge on any atom is -0.371 e. The molecule has 20 heavy (non-hydrogen) atoms. The van der Waals surface area contributed by atoms with E-state index in [1.165, 1.54) is 75.7 Å². The van der Waals surface area contributed by atoms with Gasteiger partial charge in [-0.05, 0) is 43.9 Å². The molecule has 0 radical (unpaired) electrons. The molecule has 3 rings (SSSR count). The number of nitrogens with two attached hydrogens (primary N) is 1. The maximum Gasteiger partial charge on any atom is 0.0398 e. The Hall–Kier alpha value is -1.02. The van der Waals surface area contributed by atoms with Crippen molar-refractivity contribution < 1.29 is 0 Å². The van der Waals surface area contributed by atoms with Crippen molar-refractivity contribution in [3.8, 4) is 0 Å². The molecule has 2 nitrogen and oxygen atoms in total. The first-order valence-electron chi connectivity index (χ1n) is 8.36. The number of anilines is 1. The van der Waals surface area contributed by atoms with Crippen molar-refractivity contribution in [2.45, 2.75) is 51.4 Å². The summed E-state index contributed by atoms with van der Waals surface area (Å²) in [7, 11) is 0. The van der Waals surface area contributed by atoms with Crippen LogP contribution in [0.3, 0.4) is 0 Å². The second-order valence-corrected chi connectivity index (χ2v) is 6.77. The van der Waals surface area contributed by atoms with Gasteiger partial charge in [0.15, 0.2) is 0 Å². The van der Waals surface area contributed by atoms with E-state index in [2.05, 4.69) is 29.2 Å². The standard InChI is InChI=1S/C18H28N2/c19-14-18(11-5-1-2-6-12-18)15-20-13-7-9-16-8-3-4-10-17(16)20/h3-4,8,10H,1-2,5-7,9,11-15,19H2. The van der Waals surface area contributed by atoms with Crippen molar-refractivity contribution in [1.82, 2.24) is 0 Å². The Kier molecular flexibility index (Phi) is 4.30. The second kappa shape index (κ2) is 6.17. The molecule has 0 bridgehead atoms. The van der Waals surface area contributed by atoms with Gasteiger partial charge in [-0.1, -0.05) is 43.9 Å². The summed E-state index contributed by atoms with van der Waals surface area (Å²) in [4.78, 5) is 2.62. The zero-order valence-corrected chi connectivity index (χ0v) is 12.6. The highest BCUT2D eigenvalue weighted by molar-refractivity contribution is 5.55. The minimum absolute atomic E-state index is 0.362. The maximum atomic E-state index is 6.22. The van der Waals surface area contributed by atoms with E-state index in [0.29, 0.717) is 5.41 Å². The van der Waals surface area contributed by atoms with Crippen LogP contribution in [0.5, 0.6) is 0 Å². The van der Waals surface area contributed by atoms with Gasteiger partial charge >= 0.3 is 0 Å². The normalized spacial score (nSPS) is 22.1. The number of para-hydroxylation sites is 1. The highest BCUT2D eigenvalue weighted by atomic mass is 15.1. The summed E-state index contributed by atoms with van der Waals surface area (Å²) in [5, 5.41) is 0. The molecule has 2 aliphatic rings. The zero-order chi connectivity index (χ0) is 13.8. The Balaban J connectivity index is 1.79. The van der Waals surface area contributed by atoms with Gasteiger partial charge in [-0.25, -0.2) is 0 Å². The van der Waals surface area contributed by atoms with E-state index in [1.54, 1.807) is 0 Å². The van der Waals surface area contributed by atoms with Gasteiger partial charge in [0.2, 0.25) is 0 Å². The fraction of sp³-hybridized carbons (Fsp3) is 0.667. The van der Waals surface area contributed by atoms with Crippen LogP contribution in [0.1, 0.15) is 50.5 Å². The Labute approximate surface area is 123 Å². The van der Waals surface area contributed by atoms with Crippen LogP contribution in [0.15, 0.2) is 24.3 Å². The summed E-state index contributed by atoms with van der Waals surface area (Å²) in [5.74, 6) is 0. The molecule has 2 heteroatoms. The summed E-state index contributed by atoms with van der Waals surface area (Å²) in [6.45, 7) is 3.23. The van der Waals surface area contributed by atoms with Crippen molar-refractivity contribution in [2.75, 3.05) is 24.5 Å². The Bertz CT molecular complexity index is 433. The van der Waals surface area contributed by atoms with Crippen LogP contribution >= 0.6 is 0 Å². The zero-order valence-electron chi connectivity index (χ0n) is 12.6. The van der Waals surface area contributed by atoms with Gasteiger partial charge in [-0.15, -0.1) is 0 Å². The average Bonchev–Trinajstić information content (AvgIpc) is 2.74. The quantitative estimate of drug-likeness (QED) is 0.849. The summed E-state index contributed by atoms with van der Waals surface area (Å²) in [5.41, 5.74) is 9.58. The first kappa shape index (κ1) is 13.9. The van der Waals surface area contributed by atoms with E-state index in [-0.39, 0.29) is 0 Å². The molecule has 110 valence electrons. The van der Waals surface area contributed by atoms with Crippen molar-refractivity contribution >= 4 is 5.69 Å². The Morgan fingerprint density at radius 2 is 1.75 bits per heavy atom. The lowest BCUT2D eigenvalue weighted by atomic mass is 9.79. The van der Waals surface area contributed by atoms with Gasteiger partial charge in [-0.2, -0.15) is 0 Å². The fourth-order valence-corrected chi connectivity index (χ4v) is 4.09. The average molecular weight is 272 g/mol. The highest BCUT2D eigenvalue weighted by Crippen LogP contribution is 2.37. The molecule has 0 atom stereocenters. The molecule has 0 unspecified atom stereocenters. The number of hydrogen-bond donors (Lipinski definition) is 1. The molecule has 0 aromatic heterocycles. The largest absolute Gasteiger partial charge is 0.371 e. The number of rotatable bonds is 3. The second-order valence-electron chi connectivity index (χ2n) is 6.77. The van der Waals surface area contributed by atoms with Crippen LogP contribution in [0.25, 0.3) is 0 Å². The third kappa shape index (κ3) is 2.85. The predicted octanol–water partition coefficient (Wildman–Crippen LogP) is 3.74. The van der Waals surface area contributed by atoms with Crippen molar-refractivity contribution in [3.05, 3.63) is 29.8 Å². The van der Waals surface area contributed by atoms with Gasteiger partial charge in [0.1, 0.15) is 0 Å². The number of hydrogen-bond acceptors (Lipinski definition) is 2. The van der Waals surface area contributed by atoms with E-state index in [1.807, 2.05) is 0 Å². The lowest BCUT2D eigenvalue weighted by molar-refractivity contribution is 0.257. The molecule has 1 aliphatic carbocycles. The number of nitrogens with zero attached hydrogens (tertiary/aromatic N) is 1. The van der Waals surface area contributed by atoms with Crippen molar-refractivity contribution in [3.63, 3.8) is 0 Å². The lowest BCUT2D eigenvalue weighted by Gasteiger charge is -2.40. The first-order valence-corrected chi connectivity index (χ1v) is 8.36. The molecule has 0 amide bonds. The molecule has 1 aromatic rings. The van der Waals surface area contributed by atoms with Crippen LogP contribution in [0, 0.1) is 5.41 Å². The monoisotopic (exact) mass is 272 g/mol. The molecule has 1 aromatic carbocycles. The molecule has 1 aliphatic heterocycles. The molecular formula is C18H28N2. The molecule has 0 saturated heterocycles. The van der Waals surface area contributed by atoms with E-state index in [4.69, 9.17) is 5.73 Å².